The molecule has 0 saturated carbocycles. The monoisotopic (exact) mass is 301 g/mol. The van der Waals surface area contributed by atoms with Crippen LogP contribution in [0.4, 0.5) is 0 Å². The fourth-order valence-electron chi connectivity index (χ4n) is 1.88. The van der Waals surface area contributed by atoms with E-state index in [1.165, 1.54) is 0 Å². The van der Waals surface area contributed by atoms with E-state index in [1.807, 2.05) is 34.6 Å². The van der Waals surface area contributed by atoms with Gasteiger partial charge < -0.3 is 10.1 Å². The minimum Gasteiger partial charge on any atom is -0.379 e. The minimum atomic E-state index is -0.368. The Bertz CT molecular complexity index is 458. The molecular weight excluding hydrogens is 278 g/mol. The largest absolute Gasteiger partial charge is 0.379 e. The molecule has 114 valence electrons. The minimum absolute atomic E-state index is 0.0585. The molecule has 0 aliphatic carbocycles. The van der Waals surface area contributed by atoms with Gasteiger partial charge in [-0.05, 0) is 41.0 Å². The van der Waals surface area contributed by atoms with Crippen LogP contribution in [0, 0.1) is 13.8 Å². The zero-order valence-corrected chi connectivity index (χ0v) is 13.6. The summed E-state index contributed by atoms with van der Waals surface area (Å²) < 4.78 is 7.08. The Hall–Kier alpha value is -1.07. The number of amides is 1. The van der Waals surface area contributed by atoms with Crippen LogP contribution in [0.25, 0.3) is 0 Å². The summed E-state index contributed by atoms with van der Waals surface area (Å²) in [5.41, 5.74) is 1.56. The molecule has 1 aromatic rings. The molecule has 1 atom stereocenters. The molecule has 0 bridgehead atoms. The van der Waals surface area contributed by atoms with Crippen molar-refractivity contribution in [3.8, 4) is 0 Å². The molecule has 0 aliphatic heterocycles. The van der Waals surface area contributed by atoms with Crippen LogP contribution >= 0.6 is 11.6 Å². The zero-order valence-electron chi connectivity index (χ0n) is 12.9. The average molecular weight is 302 g/mol. The van der Waals surface area contributed by atoms with Crippen molar-refractivity contribution in [2.24, 2.45) is 0 Å². The maximum atomic E-state index is 12.1. The summed E-state index contributed by atoms with van der Waals surface area (Å²) in [6.45, 7) is 10.7. The molecule has 1 aromatic heterocycles. The van der Waals surface area contributed by atoms with Gasteiger partial charge in [0.1, 0.15) is 6.04 Å². The standard InChI is InChI=1S/C14H24ClN3O2/c1-9(2)20-8-6-7-16-14(19)12(5)18-11(4)13(15)10(3)17-18/h9,12H,6-8H2,1-5H3,(H,16,19). The number of halogens is 1. The second-order valence-corrected chi connectivity index (χ2v) is 5.55. The quantitative estimate of drug-likeness (QED) is 0.788. The Morgan fingerprint density at radius 3 is 2.55 bits per heavy atom. The highest BCUT2D eigenvalue weighted by molar-refractivity contribution is 6.31. The van der Waals surface area contributed by atoms with Gasteiger partial charge in [-0.1, -0.05) is 11.6 Å². The summed E-state index contributed by atoms with van der Waals surface area (Å²) in [6.07, 6.45) is 1.02. The Morgan fingerprint density at radius 2 is 2.05 bits per heavy atom. The molecular formula is C14H24ClN3O2. The molecule has 0 saturated heterocycles. The van der Waals surface area contributed by atoms with E-state index in [4.69, 9.17) is 16.3 Å². The average Bonchev–Trinajstić information content (AvgIpc) is 2.64. The lowest BCUT2D eigenvalue weighted by atomic mass is 10.3. The lowest BCUT2D eigenvalue weighted by Crippen LogP contribution is -2.33. The van der Waals surface area contributed by atoms with Crippen molar-refractivity contribution >= 4 is 17.5 Å². The van der Waals surface area contributed by atoms with Gasteiger partial charge in [-0.15, -0.1) is 0 Å². The van der Waals surface area contributed by atoms with E-state index >= 15 is 0 Å². The third-order valence-corrected chi connectivity index (χ3v) is 3.60. The lowest BCUT2D eigenvalue weighted by Gasteiger charge is -2.14. The maximum absolute atomic E-state index is 12.1. The molecule has 1 unspecified atom stereocenters. The summed E-state index contributed by atoms with van der Waals surface area (Å²) >= 11 is 6.09. The van der Waals surface area contributed by atoms with E-state index in [1.54, 1.807) is 4.68 Å². The van der Waals surface area contributed by atoms with Crippen molar-refractivity contribution < 1.29 is 9.53 Å². The first kappa shape index (κ1) is 17.0. The van der Waals surface area contributed by atoms with Gasteiger partial charge in [-0.2, -0.15) is 5.10 Å². The number of nitrogens with one attached hydrogen (secondary N) is 1. The van der Waals surface area contributed by atoms with Crippen LogP contribution in [-0.2, 0) is 9.53 Å². The highest BCUT2D eigenvalue weighted by Gasteiger charge is 2.19. The molecule has 1 heterocycles. The van der Waals surface area contributed by atoms with E-state index in [2.05, 4.69) is 10.4 Å². The third-order valence-electron chi connectivity index (χ3n) is 3.05. The fraction of sp³-hybridized carbons (Fsp3) is 0.714. The zero-order chi connectivity index (χ0) is 15.3. The Morgan fingerprint density at radius 1 is 1.40 bits per heavy atom. The predicted molar refractivity (Wildman–Crippen MR) is 80.1 cm³/mol. The number of aryl methyl sites for hydroxylation is 1. The van der Waals surface area contributed by atoms with Gasteiger partial charge in [-0.25, -0.2) is 0 Å². The molecule has 0 aromatic carbocycles. The van der Waals surface area contributed by atoms with Crippen molar-refractivity contribution in [3.63, 3.8) is 0 Å². The maximum Gasteiger partial charge on any atom is 0.244 e. The molecule has 1 amide bonds. The fourth-order valence-corrected chi connectivity index (χ4v) is 2.01. The van der Waals surface area contributed by atoms with Crippen LogP contribution in [0.1, 0.15) is 44.6 Å². The number of aromatic nitrogens is 2. The SMILES string of the molecule is Cc1nn(C(C)C(=O)NCCCOC(C)C)c(C)c1Cl. The molecule has 1 rings (SSSR count). The van der Waals surface area contributed by atoms with Crippen molar-refractivity contribution in [3.05, 3.63) is 16.4 Å². The molecule has 6 heteroatoms. The molecule has 0 aliphatic rings. The smallest absolute Gasteiger partial charge is 0.244 e. The molecule has 0 spiro atoms. The highest BCUT2D eigenvalue weighted by Crippen LogP contribution is 2.22. The van der Waals surface area contributed by atoms with Crippen LogP contribution in [0.2, 0.25) is 5.02 Å². The summed E-state index contributed by atoms with van der Waals surface area (Å²) in [5, 5.41) is 7.81. The Balaban J connectivity index is 2.45. The van der Waals surface area contributed by atoms with Crippen LogP contribution in [0.5, 0.6) is 0 Å². The molecule has 5 nitrogen and oxygen atoms in total. The number of hydrogen-bond acceptors (Lipinski definition) is 3. The molecule has 0 radical (unpaired) electrons. The number of hydrogen-bond donors (Lipinski definition) is 1. The van der Waals surface area contributed by atoms with E-state index in [0.29, 0.717) is 18.2 Å². The number of nitrogens with zero attached hydrogens (tertiary/aromatic N) is 2. The first-order valence-corrected chi connectivity index (χ1v) is 7.33. The van der Waals surface area contributed by atoms with Crippen LogP contribution in [-0.4, -0.2) is 34.9 Å². The molecule has 1 N–H and O–H groups in total. The number of rotatable bonds is 7. The van der Waals surface area contributed by atoms with Gasteiger partial charge in [0.15, 0.2) is 0 Å². The second kappa shape index (κ2) is 7.64. The summed E-state index contributed by atoms with van der Waals surface area (Å²) in [4.78, 5) is 12.1. The van der Waals surface area contributed by atoms with Gasteiger partial charge in [0.25, 0.3) is 0 Å². The van der Waals surface area contributed by atoms with Crippen molar-refractivity contribution in [2.45, 2.75) is 53.2 Å². The van der Waals surface area contributed by atoms with Crippen LogP contribution in [0.3, 0.4) is 0 Å². The van der Waals surface area contributed by atoms with Crippen molar-refractivity contribution in [1.82, 2.24) is 15.1 Å². The van der Waals surface area contributed by atoms with Crippen molar-refractivity contribution in [2.75, 3.05) is 13.2 Å². The molecule has 0 fully saturated rings. The first-order chi connectivity index (χ1) is 9.34. The van der Waals surface area contributed by atoms with Crippen LogP contribution in [0.15, 0.2) is 0 Å². The van der Waals surface area contributed by atoms with E-state index in [9.17, 15) is 4.79 Å². The third kappa shape index (κ3) is 4.49. The van der Waals surface area contributed by atoms with E-state index < -0.39 is 0 Å². The van der Waals surface area contributed by atoms with E-state index in [0.717, 1.165) is 17.8 Å². The normalized spacial score (nSPS) is 12.8. The summed E-state index contributed by atoms with van der Waals surface area (Å²) in [7, 11) is 0. The lowest BCUT2D eigenvalue weighted by molar-refractivity contribution is -0.124. The summed E-state index contributed by atoms with van der Waals surface area (Å²) in [6, 6.07) is -0.368. The summed E-state index contributed by atoms with van der Waals surface area (Å²) in [5.74, 6) is -0.0585. The first-order valence-electron chi connectivity index (χ1n) is 6.95. The van der Waals surface area contributed by atoms with Gasteiger partial charge in [0.05, 0.1) is 22.5 Å². The topological polar surface area (TPSA) is 56.2 Å². The van der Waals surface area contributed by atoms with Crippen molar-refractivity contribution in [1.29, 1.82) is 0 Å². The highest BCUT2D eigenvalue weighted by atomic mass is 35.5. The van der Waals surface area contributed by atoms with Gasteiger partial charge in [-0.3, -0.25) is 9.48 Å². The van der Waals surface area contributed by atoms with Gasteiger partial charge >= 0.3 is 0 Å². The Kier molecular flexibility index (Phi) is 6.49. The Labute approximate surface area is 125 Å². The number of carbonyl (C=O) groups is 1. The predicted octanol–water partition coefficient (Wildman–Crippen LogP) is 2.65. The van der Waals surface area contributed by atoms with Gasteiger partial charge in [0, 0.05) is 13.2 Å². The van der Waals surface area contributed by atoms with Crippen LogP contribution < -0.4 is 5.32 Å². The second-order valence-electron chi connectivity index (χ2n) is 5.17. The number of carbonyl (C=O) groups excluding carboxylic acids is 1. The van der Waals surface area contributed by atoms with Gasteiger partial charge in [0.2, 0.25) is 5.91 Å². The van der Waals surface area contributed by atoms with E-state index in [-0.39, 0.29) is 18.1 Å². The molecule has 20 heavy (non-hydrogen) atoms. The number of ether oxygens (including phenoxy) is 1.